The van der Waals surface area contributed by atoms with E-state index in [9.17, 15) is 20.1 Å². The van der Waals surface area contributed by atoms with Gasteiger partial charge >= 0.3 is 5.97 Å². The number of aliphatic carboxylic acids is 1. The second-order valence-corrected chi connectivity index (χ2v) is 7.41. The third-order valence-corrected chi connectivity index (χ3v) is 5.16. The van der Waals surface area contributed by atoms with Crippen LogP contribution in [-0.2, 0) is 4.79 Å². The second kappa shape index (κ2) is 13.1. The van der Waals surface area contributed by atoms with Crippen molar-refractivity contribution in [3.8, 4) is 0 Å². The summed E-state index contributed by atoms with van der Waals surface area (Å²) in [5.74, 6) is -1.01. The van der Waals surface area contributed by atoms with Gasteiger partial charge in [-0.2, -0.15) is 0 Å². The third kappa shape index (κ3) is 8.97. The van der Waals surface area contributed by atoms with E-state index in [4.69, 9.17) is 5.11 Å². The molecule has 1 aliphatic carbocycles. The minimum atomic E-state index is -0.786. The molecule has 1 saturated carbocycles. The monoisotopic (exact) mass is 368 g/mol. The number of carbonyl (C=O) groups is 1. The topological polar surface area (TPSA) is 98.0 Å². The summed E-state index contributed by atoms with van der Waals surface area (Å²) in [6, 6.07) is 0. The van der Waals surface area contributed by atoms with E-state index in [0.717, 1.165) is 19.3 Å². The van der Waals surface area contributed by atoms with E-state index >= 15 is 0 Å². The summed E-state index contributed by atoms with van der Waals surface area (Å²) in [5.41, 5.74) is 0. The van der Waals surface area contributed by atoms with Gasteiger partial charge in [0.1, 0.15) is 0 Å². The largest absolute Gasteiger partial charge is 0.481 e. The van der Waals surface area contributed by atoms with Crippen LogP contribution in [0.1, 0.15) is 71.1 Å². The fourth-order valence-corrected chi connectivity index (χ4v) is 3.58. The zero-order valence-corrected chi connectivity index (χ0v) is 16.0. The van der Waals surface area contributed by atoms with Crippen molar-refractivity contribution in [3.63, 3.8) is 0 Å². The van der Waals surface area contributed by atoms with Crippen LogP contribution in [0, 0.1) is 11.8 Å². The smallest absolute Gasteiger partial charge is 0.303 e. The molecule has 0 aromatic carbocycles. The first kappa shape index (κ1) is 22.9. The Kier molecular flexibility index (Phi) is 11.5. The van der Waals surface area contributed by atoms with Gasteiger partial charge < -0.3 is 20.4 Å². The highest BCUT2D eigenvalue weighted by Gasteiger charge is 2.39. The fourth-order valence-electron chi connectivity index (χ4n) is 3.58. The van der Waals surface area contributed by atoms with E-state index in [2.05, 4.69) is 6.92 Å². The normalized spacial score (nSPS) is 27.5. The molecule has 0 aliphatic heterocycles. The number of unbranched alkanes of at least 4 members (excludes halogenated alkanes) is 4. The van der Waals surface area contributed by atoms with Crippen LogP contribution in [0.15, 0.2) is 24.3 Å². The van der Waals surface area contributed by atoms with Gasteiger partial charge in [0.2, 0.25) is 0 Å². The predicted molar refractivity (Wildman–Crippen MR) is 103 cm³/mol. The molecule has 150 valence electrons. The van der Waals surface area contributed by atoms with Gasteiger partial charge in [-0.15, -0.1) is 0 Å². The minimum absolute atomic E-state index is 0.0655. The lowest BCUT2D eigenvalue weighted by Gasteiger charge is -2.19. The highest BCUT2D eigenvalue weighted by Crippen LogP contribution is 2.36. The Morgan fingerprint density at radius 1 is 1.12 bits per heavy atom. The Hall–Kier alpha value is -1.17. The first-order valence-electron chi connectivity index (χ1n) is 10.0. The summed E-state index contributed by atoms with van der Waals surface area (Å²) in [7, 11) is 0. The van der Waals surface area contributed by atoms with Gasteiger partial charge in [0.25, 0.3) is 0 Å². The lowest BCUT2D eigenvalue weighted by molar-refractivity contribution is -0.137. The number of carboxylic acid groups (broad SMARTS) is 1. The highest BCUT2D eigenvalue weighted by molar-refractivity contribution is 5.66. The molecule has 0 saturated heterocycles. The number of rotatable bonds is 13. The fraction of sp³-hybridized carbons (Fsp3) is 0.762. The van der Waals surface area contributed by atoms with Crippen molar-refractivity contribution in [2.24, 2.45) is 11.8 Å². The molecule has 0 bridgehead atoms. The quantitative estimate of drug-likeness (QED) is 0.295. The van der Waals surface area contributed by atoms with E-state index in [1.54, 1.807) is 6.08 Å². The summed E-state index contributed by atoms with van der Waals surface area (Å²) < 4.78 is 0. The zero-order chi connectivity index (χ0) is 19.4. The van der Waals surface area contributed by atoms with E-state index in [1.807, 2.05) is 18.2 Å². The number of hydrogen-bond acceptors (Lipinski definition) is 4. The molecule has 0 aromatic rings. The van der Waals surface area contributed by atoms with Crippen molar-refractivity contribution in [1.82, 2.24) is 0 Å². The Morgan fingerprint density at radius 2 is 1.88 bits per heavy atom. The molecule has 5 atom stereocenters. The number of carboxylic acids is 1. The number of allylic oxidation sites excluding steroid dienone is 2. The van der Waals surface area contributed by atoms with E-state index in [-0.39, 0.29) is 18.3 Å². The van der Waals surface area contributed by atoms with Gasteiger partial charge in [-0.3, -0.25) is 4.79 Å². The Balaban J connectivity index is 2.44. The van der Waals surface area contributed by atoms with E-state index < -0.39 is 24.3 Å². The van der Waals surface area contributed by atoms with Crippen molar-refractivity contribution in [1.29, 1.82) is 0 Å². The SMILES string of the molecule is CCCCCC[C@H](O)/C=C/C1[C@H](O)C[C@H](O)[C@@H]1C/C=C\CCCC(=O)O. The molecule has 0 amide bonds. The Labute approximate surface area is 157 Å². The summed E-state index contributed by atoms with van der Waals surface area (Å²) in [6.45, 7) is 2.16. The van der Waals surface area contributed by atoms with Gasteiger partial charge in [-0.25, -0.2) is 0 Å². The van der Waals surface area contributed by atoms with Gasteiger partial charge in [0.05, 0.1) is 18.3 Å². The second-order valence-electron chi connectivity index (χ2n) is 7.41. The number of hydrogen-bond donors (Lipinski definition) is 4. The van der Waals surface area contributed by atoms with Gasteiger partial charge in [-0.05, 0) is 31.6 Å². The van der Waals surface area contributed by atoms with Crippen molar-refractivity contribution < 1.29 is 25.2 Å². The molecule has 0 spiro atoms. The molecule has 26 heavy (non-hydrogen) atoms. The average molecular weight is 369 g/mol. The first-order chi connectivity index (χ1) is 12.5. The molecular formula is C21H36O5. The molecule has 5 nitrogen and oxygen atoms in total. The van der Waals surface area contributed by atoms with Crippen LogP contribution in [0.2, 0.25) is 0 Å². The molecule has 1 aliphatic rings. The summed E-state index contributed by atoms with van der Waals surface area (Å²) in [5, 5.41) is 39.1. The van der Waals surface area contributed by atoms with Crippen LogP contribution in [0.4, 0.5) is 0 Å². The average Bonchev–Trinajstić information content (AvgIpc) is 2.85. The molecule has 5 heteroatoms. The number of aliphatic hydroxyl groups is 3. The molecule has 0 radical (unpaired) electrons. The standard InChI is InChI=1S/C21H36O5/c1-2-3-4-7-10-16(22)13-14-18-17(19(23)15-20(18)24)11-8-5-6-9-12-21(25)26/h5,8,13-14,16-20,22-24H,2-4,6-7,9-12,15H2,1H3,(H,25,26)/b8-5-,14-13+/t16-,17+,18?,19-,20+/m0/s1. The van der Waals surface area contributed by atoms with E-state index in [1.165, 1.54) is 12.8 Å². The molecule has 0 aromatic heterocycles. The van der Waals surface area contributed by atoms with Crippen LogP contribution in [0.5, 0.6) is 0 Å². The Morgan fingerprint density at radius 3 is 2.58 bits per heavy atom. The van der Waals surface area contributed by atoms with Crippen molar-refractivity contribution >= 4 is 5.97 Å². The van der Waals surface area contributed by atoms with Crippen molar-refractivity contribution in [2.45, 2.75) is 89.4 Å². The lowest BCUT2D eigenvalue weighted by Crippen LogP contribution is -2.20. The van der Waals surface area contributed by atoms with Crippen molar-refractivity contribution in [3.05, 3.63) is 24.3 Å². The van der Waals surface area contributed by atoms with Gasteiger partial charge in [0, 0.05) is 18.8 Å². The molecule has 1 fully saturated rings. The molecule has 0 heterocycles. The first-order valence-corrected chi connectivity index (χ1v) is 10.0. The minimum Gasteiger partial charge on any atom is -0.481 e. The maximum atomic E-state index is 10.5. The van der Waals surface area contributed by atoms with Gasteiger partial charge in [-0.1, -0.05) is 56.9 Å². The summed E-state index contributed by atoms with van der Waals surface area (Å²) in [4.78, 5) is 10.5. The summed E-state index contributed by atoms with van der Waals surface area (Å²) in [6.07, 6.45) is 13.6. The van der Waals surface area contributed by atoms with Crippen LogP contribution in [0.3, 0.4) is 0 Å². The number of aliphatic hydroxyl groups excluding tert-OH is 3. The zero-order valence-electron chi connectivity index (χ0n) is 16.0. The predicted octanol–water partition coefficient (Wildman–Crippen LogP) is 3.43. The van der Waals surface area contributed by atoms with Crippen molar-refractivity contribution in [2.75, 3.05) is 0 Å². The summed E-state index contributed by atoms with van der Waals surface area (Å²) >= 11 is 0. The maximum absolute atomic E-state index is 10.5. The van der Waals surface area contributed by atoms with Gasteiger partial charge in [0.15, 0.2) is 0 Å². The van der Waals surface area contributed by atoms with Crippen LogP contribution >= 0.6 is 0 Å². The molecular weight excluding hydrogens is 332 g/mol. The van der Waals surface area contributed by atoms with Crippen LogP contribution in [0.25, 0.3) is 0 Å². The molecule has 1 unspecified atom stereocenters. The van der Waals surface area contributed by atoms with Crippen LogP contribution in [-0.4, -0.2) is 44.7 Å². The highest BCUT2D eigenvalue weighted by atomic mass is 16.4. The van der Waals surface area contributed by atoms with E-state index in [0.29, 0.717) is 25.7 Å². The Bertz CT molecular complexity index is 446. The van der Waals surface area contributed by atoms with Crippen LogP contribution < -0.4 is 0 Å². The lowest BCUT2D eigenvalue weighted by atomic mass is 9.89. The third-order valence-electron chi connectivity index (χ3n) is 5.16. The molecule has 1 rings (SSSR count). The maximum Gasteiger partial charge on any atom is 0.303 e. The molecule has 4 N–H and O–H groups in total.